The first kappa shape index (κ1) is 40.0. The van der Waals surface area contributed by atoms with Crippen LogP contribution < -0.4 is 0 Å². The normalized spacial score (nSPS) is 13.8. The summed E-state index contributed by atoms with van der Waals surface area (Å²) in [5.41, 5.74) is 11.0. The van der Waals surface area contributed by atoms with E-state index in [-0.39, 0.29) is 28.2 Å². The first-order valence-corrected chi connectivity index (χ1v) is 19.9. The zero-order valence-corrected chi connectivity index (χ0v) is 32.9. The van der Waals surface area contributed by atoms with Gasteiger partial charge < -0.3 is 20.4 Å². The van der Waals surface area contributed by atoms with E-state index in [4.69, 9.17) is 0 Å². The monoisotopic (exact) mass is 804 g/mol. The van der Waals surface area contributed by atoms with Gasteiger partial charge in [-0.25, -0.2) is 19.2 Å². The number of rotatable bonds is 12. The molecule has 7 aromatic rings. The summed E-state index contributed by atoms with van der Waals surface area (Å²) in [7, 11) is 0. The maximum Gasteiger partial charge on any atom is 0.335 e. The number of benzene rings is 7. The molecule has 7 aromatic carbocycles. The molecule has 8 heteroatoms. The number of allylic oxidation sites excluding steroid dienone is 2. The average molecular weight is 805 g/mol. The van der Waals surface area contributed by atoms with E-state index < -0.39 is 29.3 Å². The highest BCUT2D eigenvalue weighted by atomic mass is 16.4. The molecule has 0 spiro atoms. The van der Waals surface area contributed by atoms with Gasteiger partial charge in [0.1, 0.15) is 0 Å². The molecule has 4 N–H and O–H groups in total. The van der Waals surface area contributed by atoms with Crippen LogP contribution in [0.4, 0.5) is 0 Å². The van der Waals surface area contributed by atoms with Crippen LogP contribution in [0.5, 0.6) is 0 Å². The van der Waals surface area contributed by atoms with Gasteiger partial charge in [0.15, 0.2) is 0 Å². The van der Waals surface area contributed by atoms with E-state index in [1.54, 1.807) is 48.5 Å². The molecule has 1 aliphatic rings. The average Bonchev–Trinajstić information content (AvgIpc) is 3.30. The van der Waals surface area contributed by atoms with Crippen LogP contribution in [-0.2, 0) is 5.41 Å². The van der Waals surface area contributed by atoms with Gasteiger partial charge in [0, 0.05) is 5.41 Å². The van der Waals surface area contributed by atoms with Crippen molar-refractivity contribution in [3.05, 3.63) is 220 Å². The van der Waals surface area contributed by atoms with E-state index in [1.807, 2.05) is 48.5 Å². The third-order valence-corrected chi connectivity index (χ3v) is 11.9. The van der Waals surface area contributed by atoms with Gasteiger partial charge in [0.2, 0.25) is 0 Å². The predicted molar refractivity (Wildman–Crippen MR) is 235 cm³/mol. The van der Waals surface area contributed by atoms with E-state index in [1.165, 1.54) is 0 Å². The third kappa shape index (κ3) is 7.99. The molecule has 0 aromatic heterocycles. The van der Waals surface area contributed by atoms with Crippen LogP contribution in [0, 0.1) is 5.92 Å². The largest absolute Gasteiger partial charge is 0.478 e. The van der Waals surface area contributed by atoms with Crippen LogP contribution in [-0.4, -0.2) is 44.3 Å². The lowest BCUT2D eigenvalue weighted by Crippen LogP contribution is -2.39. The van der Waals surface area contributed by atoms with Crippen molar-refractivity contribution in [1.82, 2.24) is 0 Å². The summed E-state index contributed by atoms with van der Waals surface area (Å²) in [6.45, 7) is 0. The Labute approximate surface area is 352 Å². The van der Waals surface area contributed by atoms with Crippen LogP contribution in [0.15, 0.2) is 176 Å². The van der Waals surface area contributed by atoms with Crippen molar-refractivity contribution in [1.29, 1.82) is 0 Å². The first-order chi connectivity index (χ1) is 29.5. The fourth-order valence-electron chi connectivity index (χ4n) is 8.72. The van der Waals surface area contributed by atoms with Crippen LogP contribution >= 0.6 is 0 Å². The summed E-state index contributed by atoms with van der Waals surface area (Å²) in [5.74, 6) is -3.87. The van der Waals surface area contributed by atoms with Crippen molar-refractivity contribution < 1.29 is 39.6 Å². The zero-order valence-electron chi connectivity index (χ0n) is 32.9. The molecule has 61 heavy (non-hydrogen) atoms. The minimum absolute atomic E-state index is 0.0524. The van der Waals surface area contributed by atoms with Crippen LogP contribution in [0.3, 0.4) is 0 Å². The van der Waals surface area contributed by atoms with Gasteiger partial charge in [-0.1, -0.05) is 127 Å². The fraction of sp³-hybridized carbons (Fsp3) is 0.0943. The topological polar surface area (TPSA) is 149 Å². The van der Waals surface area contributed by atoms with Gasteiger partial charge in [-0.15, -0.1) is 0 Å². The number of hydrogen-bond acceptors (Lipinski definition) is 4. The molecular formula is C53H40O8. The molecule has 1 atom stereocenters. The zero-order chi connectivity index (χ0) is 42.7. The van der Waals surface area contributed by atoms with E-state index in [0.717, 1.165) is 74.0 Å². The second kappa shape index (κ2) is 16.8. The number of hydrogen-bond donors (Lipinski definition) is 4. The van der Waals surface area contributed by atoms with Crippen molar-refractivity contribution in [2.45, 2.75) is 24.7 Å². The number of carboxylic acids is 4. The summed E-state index contributed by atoms with van der Waals surface area (Å²) >= 11 is 0. The molecule has 0 amide bonds. The molecule has 8 nitrogen and oxygen atoms in total. The summed E-state index contributed by atoms with van der Waals surface area (Å²) in [6, 6.07) is 52.9. The molecule has 1 aliphatic carbocycles. The summed E-state index contributed by atoms with van der Waals surface area (Å²) < 4.78 is 0. The van der Waals surface area contributed by atoms with Crippen molar-refractivity contribution in [3.63, 3.8) is 0 Å². The highest BCUT2D eigenvalue weighted by Gasteiger charge is 2.44. The van der Waals surface area contributed by atoms with E-state index in [2.05, 4.69) is 78.9 Å². The molecule has 1 unspecified atom stereocenters. The fourth-order valence-corrected chi connectivity index (χ4v) is 8.72. The molecule has 0 aliphatic heterocycles. The minimum Gasteiger partial charge on any atom is -0.478 e. The van der Waals surface area contributed by atoms with Crippen molar-refractivity contribution >= 4 is 29.5 Å². The minimum atomic E-state index is -0.986. The summed E-state index contributed by atoms with van der Waals surface area (Å²) in [4.78, 5) is 46.3. The number of carboxylic acid groups (broad SMARTS) is 4. The van der Waals surface area contributed by atoms with Crippen LogP contribution in [0.2, 0.25) is 0 Å². The highest BCUT2D eigenvalue weighted by molar-refractivity contribution is 5.90. The Morgan fingerprint density at radius 2 is 0.607 bits per heavy atom. The third-order valence-electron chi connectivity index (χ3n) is 11.9. The van der Waals surface area contributed by atoms with E-state index in [9.17, 15) is 39.6 Å². The lowest BCUT2D eigenvalue weighted by Gasteiger charge is -2.44. The van der Waals surface area contributed by atoms with Crippen molar-refractivity contribution in [2.75, 3.05) is 0 Å². The van der Waals surface area contributed by atoms with Gasteiger partial charge in [-0.05, 0) is 135 Å². The Hall–Kier alpha value is -7.84. The number of carbonyl (C=O) groups is 4. The van der Waals surface area contributed by atoms with Gasteiger partial charge >= 0.3 is 23.9 Å². The Kier molecular flexibility index (Phi) is 11.0. The highest BCUT2D eigenvalue weighted by Crippen LogP contribution is 2.52. The molecule has 0 fully saturated rings. The van der Waals surface area contributed by atoms with Gasteiger partial charge in [0.05, 0.1) is 22.3 Å². The van der Waals surface area contributed by atoms with Crippen molar-refractivity contribution in [2.24, 2.45) is 5.92 Å². The molecule has 0 saturated heterocycles. The van der Waals surface area contributed by atoms with Crippen LogP contribution in [0.25, 0.3) is 39.0 Å². The number of aromatic carboxylic acids is 4. The summed E-state index contributed by atoms with van der Waals surface area (Å²) in [6.07, 6.45) is 4.55. The quantitative estimate of drug-likeness (QED) is 0.0892. The maximum atomic E-state index is 11.6. The Morgan fingerprint density at radius 3 is 0.836 bits per heavy atom. The molecule has 0 heterocycles. The molecule has 0 bridgehead atoms. The van der Waals surface area contributed by atoms with E-state index >= 15 is 0 Å². The van der Waals surface area contributed by atoms with Crippen molar-refractivity contribution in [3.8, 4) is 33.4 Å². The van der Waals surface area contributed by atoms with Gasteiger partial charge in [-0.3, -0.25) is 0 Å². The molecule has 300 valence electrons. The smallest absolute Gasteiger partial charge is 0.335 e. The SMILES string of the molecule is O=C(O)c1ccc(C2=CCC(C(c3ccc(-c4ccc(C(=O)O)cc4)cc3)(c3ccc(-c4ccc(C(=O)O)cc4)cc3)c3ccc(-c4ccc(C(=O)O)cc4)cc3)CC2)cc1. The Bertz CT molecular complexity index is 2520. The first-order valence-electron chi connectivity index (χ1n) is 19.9. The molecule has 0 radical (unpaired) electrons. The lowest BCUT2D eigenvalue weighted by atomic mass is 9.58. The Balaban J connectivity index is 1.27. The Morgan fingerprint density at radius 1 is 0.361 bits per heavy atom. The lowest BCUT2D eigenvalue weighted by molar-refractivity contribution is 0.0686. The van der Waals surface area contributed by atoms with Gasteiger partial charge in [0.25, 0.3) is 0 Å². The molecule has 8 rings (SSSR count). The second-order valence-corrected chi connectivity index (χ2v) is 15.3. The molecule has 0 saturated carbocycles. The van der Waals surface area contributed by atoms with E-state index in [0.29, 0.717) is 6.42 Å². The predicted octanol–water partition coefficient (Wildman–Crippen LogP) is 11.7. The second-order valence-electron chi connectivity index (χ2n) is 15.3. The summed E-state index contributed by atoms with van der Waals surface area (Å²) in [5, 5.41) is 37.9. The van der Waals surface area contributed by atoms with Gasteiger partial charge in [-0.2, -0.15) is 0 Å². The standard InChI is InChI=1S/C53H40O8/c54-49(55)41-9-1-33(2-10-41)37-17-25-45(26-18-37)53(46-27-19-38(20-28-46)34-3-11-42(12-4-34)50(56)57,47-29-21-39(22-30-47)35-5-13-43(14-6-35)51(58)59)48-31-23-40(24-32-48)36-7-15-44(16-8-36)52(60)61/h1-23,25-30,48H,24,31-32H2,(H,54,55)(H,56,57)(H,58,59)(H,60,61). The maximum absolute atomic E-state index is 11.6. The van der Waals surface area contributed by atoms with Crippen LogP contribution in [0.1, 0.15) is 82.9 Å². The molecular weight excluding hydrogens is 765 g/mol.